The molecular formula is C36H78O10Si8. The van der Waals surface area contributed by atoms with Crippen molar-refractivity contribution in [3.63, 3.8) is 0 Å². The molecule has 0 aliphatic heterocycles. The van der Waals surface area contributed by atoms with Crippen molar-refractivity contribution in [2.75, 3.05) is 19.8 Å². The second-order valence-corrected chi connectivity index (χ2v) is 70.7. The molecule has 54 heavy (non-hydrogen) atoms. The third kappa shape index (κ3) is 17.4. The number of esters is 3. The van der Waals surface area contributed by atoms with Gasteiger partial charge >= 0.3 is 17.9 Å². The zero-order chi connectivity index (χ0) is 42.8. The molecular weight excluding hydrogens is 817 g/mol. The highest BCUT2D eigenvalue weighted by Crippen LogP contribution is 2.45. The first-order valence-corrected chi connectivity index (χ1v) is 45.7. The quantitative estimate of drug-likeness (QED) is 0.0273. The molecule has 0 rings (SSSR count). The molecule has 0 fully saturated rings. The summed E-state index contributed by atoms with van der Waals surface area (Å²) >= 11 is 0. The fourth-order valence-electron chi connectivity index (χ4n) is 7.80. The molecule has 0 saturated carbocycles. The van der Waals surface area contributed by atoms with Gasteiger partial charge in [-0.3, -0.25) is 0 Å². The number of carbonyl (C=O) groups is 3. The van der Waals surface area contributed by atoms with Crippen molar-refractivity contribution < 1.29 is 45.1 Å². The molecule has 0 N–H and O–H groups in total. The third-order valence-electron chi connectivity index (χ3n) is 9.11. The van der Waals surface area contributed by atoms with Crippen LogP contribution in [0.1, 0.15) is 40.0 Å². The van der Waals surface area contributed by atoms with E-state index in [4.69, 9.17) is 30.7 Å². The van der Waals surface area contributed by atoms with Gasteiger partial charge in [0, 0.05) is 16.7 Å². The molecule has 0 radical (unpaired) electrons. The van der Waals surface area contributed by atoms with Gasteiger partial charge in [-0.2, -0.15) is 0 Å². The molecule has 0 aliphatic carbocycles. The van der Waals surface area contributed by atoms with Crippen LogP contribution in [0.2, 0.25) is 116 Å². The molecule has 0 atom stereocenters. The number of hydrogen-bond donors (Lipinski definition) is 0. The SMILES string of the molecule is C=C(C)C(=O)OCCC[Si](C)(C)O[Si](C)(C)[Si](O[Si](C)(C)C)([Si](C)(C)O[Si](C)(C)CCCOC(=O)C(=C)C)[Si](C)(C)O[Si](C)(C)CCCOC(=O)C(=C)C. The number of carbonyl (C=O) groups excluding carboxylic acids is 3. The number of ether oxygens (including phenoxy) is 3. The van der Waals surface area contributed by atoms with E-state index in [-0.39, 0.29) is 17.9 Å². The average Bonchev–Trinajstić information content (AvgIpc) is 2.95. The predicted octanol–water partition coefficient (Wildman–Crippen LogP) is 9.83. The Morgan fingerprint density at radius 1 is 0.407 bits per heavy atom. The lowest BCUT2D eigenvalue weighted by Crippen LogP contribution is -2.91. The highest BCUT2D eigenvalue weighted by molar-refractivity contribution is 7.86. The molecule has 0 saturated heterocycles. The summed E-state index contributed by atoms with van der Waals surface area (Å²) in [6, 6.07) is 2.51. The summed E-state index contributed by atoms with van der Waals surface area (Å²) in [5, 5.41) is 0. The van der Waals surface area contributed by atoms with Gasteiger partial charge in [0.1, 0.15) is 0 Å². The Labute approximate surface area is 337 Å². The summed E-state index contributed by atoms with van der Waals surface area (Å²) in [5.41, 5.74) is 1.19. The third-order valence-corrected chi connectivity index (χ3v) is 88.6. The maximum atomic E-state index is 12.1. The first-order valence-electron chi connectivity index (χ1n) is 19.3. The van der Waals surface area contributed by atoms with Crippen LogP contribution < -0.4 is 0 Å². The molecule has 0 unspecified atom stereocenters. The van der Waals surface area contributed by atoms with Crippen LogP contribution in [0.15, 0.2) is 36.5 Å². The van der Waals surface area contributed by atoms with Crippen LogP contribution in [0.25, 0.3) is 0 Å². The highest BCUT2D eigenvalue weighted by Gasteiger charge is 2.75. The van der Waals surface area contributed by atoms with Crippen LogP contribution in [-0.4, -0.2) is 101 Å². The van der Waals surface area contributed by atoms with Crippen LogP contribution >= 0.6 is 0 Å². The standard InChI is InChI=1S/C36H78O10Si8/c1-31(2)34(37)40-25-22-28-48(10,11)44-51(16,17)54(43-47(7,8)9,52(18,19)45-49(12,13)29-23-26-41-35(38)32(3)4)53(20,21)46-50(14,15)30-24-27-42-36(39)33(5)6/h1,3,5,22-30H2,2,4,6-21H3. The van der Waals surface area contributed by atoms with Gasteiger partial charge in [0.2, 0.25) is 6.87 Å². The van der Waals surface area contributed by atoms with Gasteiger partial charge in [-0.05, 0) is 156 Å². The van der Waals surface area contributed by atoms with Crippen LogP contribution in [0, 0.1) is 0 Å². The van der Waals surface area contributed by atoms with E-state index < -0.39 is 63.6 Å². The molecule has 0 spiro atoms. The van der Waals surface area contributed by atoms with E-state index in [9.17, 15) is 14.4 Å². The van der Waals surface area contributed by atoms with Gasteiger partial charge in [-0.15, -0.1) is 0 Å². The summed E-state index contributed by atoms with van der Waals surface area (Å²) in [5.74, 6) is -1.09. The van der Waals surface area contributed by atoms with Crippen molar-refractivity contribution in [3.05, 3.63) is 36.5 Å². The Morgan fingerprint density at radius 3 is 0.815 bits per heavy atom. The molecule has 0 heterocycles. The minimum Gasteiger partial charge on any atom is -0.462 e. The predicted molar refractivity (Wildman–Crippen MR) is 244 cm³/mol. The zero-order valence-corrected chi connectivity index (χ0v) is 45.6. The van der Waals surface area contributed by atoms with E-state index in [2.05, 4.69) is 118 Å². The molecule has 0 aromatic heterocycles. The van der Waals surface area contributed by atoms with Crippen LogP contribution in [0.4, 0.5) is 0 Å². The van der Waals surface area contributed by atoms with Crippen molar-refractivity contribution in [2.45, 2.75) is 156 Å². The first kappa shape index (κ1) is 53.2. The second kappa shape index (κ2) is 20.8. The van der Waals surface area contributed by atoms with Crippen LogP contribution in [0.3, 0.4) is 0 Å². The Hall–Kier alpha value is -0.795. The van der Waals surface area contributed by atoms with Crippen LogP contribution in [-0.2, 0) is 45.1 Å². The molecule has 0 aliphatic rings. The molecule has 314 valence electrons. The van der Waals surface area contributed by atoms with Gasteiger partial charge in [0.15, 0.2) is 56.8 Å². The highest BCUT2D eigenvalue weighted by atomic mass is 30.0. The van der Waals surface area contributed by atoms with E-state index in [1.54, 1.807) is 20.8 Å². The molecule has 0 amide bonds. The van der Waals surface area contributed by atoms with Crippen LogP contribution in [0.5, 0.6) is 0 Å². The Morgan fingerprint density at radius 2 is 0.630 bits per heavy atom. The van der Waals surface area contributed by atoms with E-state index in [0.717, 1.165) is 18.1 Å². The summed E-state index contributed by atoms with van der Waals surface area (Å²) in [4.78, 5) is 36.3. The fourth-order valence-corrected chi connectivity index (χ4v) is 128. The van der Waals surface area contributed by atoms with Crippen molar-refractivity contribution >= 4 is 81.6 Å². The van der Waals surface area contributed by atoms with Gasteiger partial charge in [-0.1, -0.05) is 19.7 Å². The second-order valence-electron chi connectivity index (χ2n) is 19.1. The van der Waals surface area contributed by atoms with Crippen molar-refractivity contribution in [3.8, 4) is 0 Å². The molecule has 0 aromatic rings. The van der Waals surface area contributed by atoms with Crippen molar-refractivity contribution in [1.29, 1.82) is 0 Å². The minimum absolute atomic E-state index is 0.330. The monoisotopic (exact) mass is 894 g/mol. The Balaban J connectivity index is 7.11. The Bertz CT molecular complexity index is 1190. The number of hydrogen-bond acceptors (Lipinski definition) is 10. The first-order chi connectivity index (χ1) is 24.1. The van der Waals surface area contributed by atoms with Gasteiger partial charge in [-0.25, -0.2) is 14.4 Å². The molecule has 10 nitrogen and oxygen atoms in total. The molecule has 0 bridgehead atoms. The van der Waals surface area contributed by atoms with E-state index in [0.29, 0.717) is 55.8 Å². The fraction of sp³-hybridized carbons (Fsp3) is 0.750. The normalized spacial score (nSPS) is 13.7. The summed E-state index contributed by atoms with van der Waals surface area (Å²) < 4.78 is 47.3. The largest absolute Gasteiger partial charge is 0.462 e. The van der Waals surface area contributed by atoms with Gasteiger partial charge < -0.3 is 30.7 Å². The maximum Gasteiger partial charge on any atom is 0.333 e. The van der Waals surface area contributed by atoms with E-state index in [1.807, 2.05) is 0 Å². The van der Waals surface area contributed by atoms with E-state index >= 15 is 0 Å². The zero-order valence-electron chi connectivity index (χ0n) is 37.6. The van der Waals surface area contributed by atoms with Crippen molar-refractivity contribution in [1.82, 2.24) is 0 Å². The lowest BCUT2D eigenvalue weighted by Gasteiger charge is -2.61. The lowest BCUT2D eigenvalue weighted by atomic mass is 10.4. The molecule has 18 heteroatoms. The lowest BCUT2D eigenvalue weighted by molar-refractivity contribution is -0.139. The minimum atomic E-state index is -3.06. The smallest absolute Gasteiger partial charge is 0.333 e. The molecule has 0 aromatic carbocycles. The number of rotatable bonds is 26. The summed E-state index contributed by atoms with van der Waals surface area (Å²) in [6.45, 7) is 48.8. The van der Waals surface area contributed by atoms with Crippen molar-refractivity contribution in [2.24, 2.45) is 0 Å². The Kier molecular flexibility index (Phi) is 20.5. The van der Waals surface area contributed by atoms with Gasteiger partial charge in [0.25, 0.3) is 0 Å². The average molecular weight is 896 g/mol. The van der Waals surface area contributed by atoms with E-state index in [1.165, 1.54) is 0 Å². The summed E-state index contributed by atoms with van der Waals surface area (Å²) in [7, 11) is -17.6. The van der Waals surface area contributed by atoms with Gasteiger partial charge in [0.05, 0.1) is 19.8 Å². The topological polar surface area (TPSA) is 116 Å². The summed E-state index contributed by atoms with van der Waals surface area (Å²) in [6.07, 6.45) is 2.14. The maximum absolute atomic E-state index is 12.1.